The fourth-order valence-electron chi connectivity index (χ4n) is 3.10. The van der Waals surface area contributed by atoms with Crippen molar-refractivity contribution in [1.82, 2.24) is 0 Å². The molecule has 1 unspecified atom stereocenters. The van der Waals surface area contributed by atoms with Gasteiger partial charge in [-0.15, -0.1) is 0 Å². The van der Waals surface area contributed by atoms with Crippen LogP contribution in [0.25, 0.3) is 0 Å². The van der Waals surface area contributed by atoms with Crippen LogP contribution in [0.3, 0.4) is 0 Å². The lowest BCUT2D eigenvalue weighted by Crippen LogP contribution is -2.32. The van der Waals surface area contributed by atoms with Gasteiger partial charge in [-0.1, -0.05) is 13.0 Å². The van der Waals surface area contributed by atoms with E-state index in [1.807, 2.05) is 26.8 Å². The zero-order chi connectivity index (χ0) is 24.0. The number of rotatable bonds is 9. The summed E-state index contributed by atoms with van der Waals surface area (Å²) in [4.78, 5) is 12.8. The van der Waals surface area contributed by atoms with E-state index in [0.717, 1.165) is 11.1 Å². The Morgan fingerprint density at radius 3 is 2.06 bits per heavy atom. The Bertz CT molecular complexity index is 1210. The summed E-state index contributed by atoms with van der Waals surface area (Å²) in [6.45, 7) is 5.74. The first-order valence-electron chi connectivity index (χ1n) is 10.5. The maximum Gasteiger partial charge on any atom is 0.265 e. The highest BCUT2D eigenvalue weighted by atomic mass is 32.2. The summed E-state index contributed by atoms with van der Waals surface area (Å²) in [6.07, 6.45) is -0.238. The lowest BCUT2D eigenvalue weighted by atomic mass is 10.1. The summed E-state index contributed by atoms with van der Waals surface area (Å²) in [5.41, 5.74) is 3.05. The first-order valence-corrected chi connectivity index (χ1v) is 12.0. The summed E-state index contributed by atoms with van der Waals surface area (Å²) in [5, 5.41) is 2.77. The number of aryl methyl sites for hydroxylation is 2. The number of nitrogens with one attached hydrogen (secondary N) is 2. The summed E-state index contributed by atoms with van der Waals surface area (Å²) < 4.78 is 38.9. The van der Waals surface area contributed by atoms with E-state index >= 15 is 0 Å². The minimum atomic E-state index is -3.75. The van der Waals surface area contributed by atoms with E-state index in [0.29, 0.717) is 29.3 Å². The van der Waals surface area contributed by atoms with Gasteiger partial charge in [-0.25, -0.2) is 8.42 Å². The Kier molecular flexibility index (Phi) is 7.60. The topological polar surface area (TPSA) is 93.7 Å². The molecule has 0 bridgehead atoms. The first-order chi connectivity index (χ1) is 15.7. The molecule has 0 heterocycles. The van der Waals surface area contributed by atoms with Crippen molar-refractivity contribution in [3.63, 3.8) is 0 Å². The van der Waals surface area contributed by atoms with Gasteiger partial charge in [0.05, 0.1) is 12.0 Å². The highest BCUT2D eigenvalue weighted by Gasteiger charge is 2.20. The van der Waals surface area contributed by atoms with Gasteiger partial charge in [-0.3, -0.25) is 9.52 Å². The van der Waals surface area contributed by atoms with E-state index in [2.05, 4.69) is 10.0 Å². The average molecular weight is 469 g/mol. The fraction of sp³-hybridized carbons (Fsp3) is 0.240. The number of ether oxygens (including phenoxy) is 2. The van der Waals surface area contributed by atoms with Crippen LogP contribution in [0.5, 0.6) is 11.5 Å². The number of carbonyl (C=O) groups is 1. The van der Waals surface area contributed by atoms with E-state index in [9.17, 15) is 13.2 Å². The number of hydrogen-bond donors (Lipinski definition) is 2. The molecule has 0 spiro atoms. The van der Waals surface area contributed by atoms with Crippen LogP contribution in [-0.4, -0.2) is 27.5 Å². The number of carbonyl (C=O) groups excluding carboxylic acids is 1. The molecule has 1 amide bonds. The van der Waals surface area contributed by atoms with Gasteiger partial charge in [0.15, 0.2) is 6.10 Å². The number of benzene rings is 3. The molecule has 33 heavy (non-hydrogen) atoms. The summed E-state index contributed by atoms with van der Waals surface area (Å²) in [6, 6.07) is 18.3. The number of hydrogen-bond acceptors (Lipinski definition) is 5. The van der Waals surface area contributed by atoms with Crippen LogP contribution in [0.2, 0.25) is 0 Å². The molecule has 3 rings (SSSR count). The van der Waals surface area contributed by atoms with Crippen LogP contribution in [0.4, 0.5) is 11.4 Å². The van der Waals surface area contributed by atoms with E-state index in [4.69, 9.17) is 9.47 Å². The second kappa shape index (κ2) is 10.4. The molecule has 0 radical (unpaired) electrons. The molecule has 3 aromatic carbocycles. The van der Waals surface area contributed by atoms with Gasteiger partial charge in [0.2, 0.25) is 0 Å². The van der Waals surface area contributed by atoms with Gasteiger partial charge in [0.25, 0.3) is 15.9 Å². The Morgan fingerprint density at radius 1 is 0.879 bits per heavy atom. The molecule has 0 saturated heterocycles. The summed E-state index contributed by atoms with van der Waals surface area (Å²) in [5.74, 6) is 0.927. The van der Waals surface area contributed by atoms with E-state index in [1.54, 1.807) is 55.6 Å². The molecule has 1 atom stereocenters. The van der Waals surface area contributed by atoms with Gasteiger partial charge in [-0.05, 0) is 92.1 Å². The van der Waals surface area contributed by atoms with E-state index < -0.39 is 16.1 Å². The standard InChI is InChI=1S/C25H28N2O5S/c1-5-24(32-22-12-10-21(31-4)11-13-22)25(28)26-19-8-14-23(15-9-19)33(29,30)27-20-7-6-17(2)18(3)16-20/h6-16,24,27H,5H2,1-4H3,(H,26,28). The lowest BCUT2D eigenvalue weighted by Gasteiger charge is -2.17. The van der Waals surface area contributed by atoms with Crippen molar-refractivity contribution >= 4 is 27.3 Å². The molecule has 0 aliphatic carbocycles. The van der Waals surface area contributed by atoms with Crippen LogP contribution >= 0.6 is 0 Å². The minimum Gasteiger partial charge on any atom is -0.497 e. The van der Waals surface area contributed by atoms with Crippen molar-refractivity contribution in [2.75, 3.05) is 17.1 Å². The van der Waals surface area contributed by atoms with Gasteiger partial charge in [-0.2, -0.15) is 0 Å². The maximum atomic E-state index is 12.7. The fourth-order valence-corrected chi connectivity index (χ4v) is 4.15. The largest absolute Gasteiger partial charge is 0.497 e. The van der Waals surface area contributed by atoms with Gasteiger partial charge in [0, 0.05) is 11.4 Å². The predicted molar refractivity (Wildman–Crippen MR) is 129 cm³/mol. The zero-order valence-electron chi connectivity index (χ0n) is 19.1. The highest BCUT2D eigenvalue weighted by molar-refractivity contribution is 7.92. The second-order valence-corrected chi connectivity index (χ2v) is 9.29. The van der Waals surface area contributed by atoms with Crippen molar-refractivity contribution < 1.29 is 22.7 Å². The van der Waals surface area contributed by atoms with Crippen molar-refractivity contribution in [3.05, 3.63) is 77.9 Å². The van der Waals surface area contributed by atoms with E-state index in [-0.39, 0.29) is 10.8 Å². The van der Waals surface area contributed by atoms with Crippen LogP contribution in [-0.2, 0) is 14.8 Å². The third-order valence-electron chi connectivity index (χ3n) is 5.19. The third-order valence-corrected chi connectivity index (χ3v) is 6.59. The van der Waals surface area contributed by atoms with Gasteiger partial charge < -0.3 is 14.8 Å². The lowest BCUT2D eigenvalue weighted by molar-refractivity contribution is -0.122. The quantitative estimate of drug-likeness (QED) is 0.465. The molecular weight excluding hydrogens is 440 g/mol. The number of sulfonamides is 1. The monoisotopic (exact) mass is 468 g/mol. The van der Waals surface area contributed by atoms with Crippen LogP contribution in [0, 0.1) is 13.8 Å². The van der Waals surface area contributed by atoms with Crippen LogP contribution in [0.15, 0.2) is 71.6 Å². The molecule has 0 saturated carbocycles. The Labute approximate surface area is 194 Å². The zero-order valence-corrected chi connectivity index (χ0v) is 19.9. The molecular formula is C25H28N2O5S. The SMILES string of the molecule is CCC(Oc1ccc(OC)cc1)C(=O)Nc1ccc(S(=O)(=O)Nc2ccc(C)c(C)c2)cc1. The number of amides is 1. The van der Waals surface area contributed by atoms with Crippen molar-refractivity contribution in [3.8, 4) is 11.5 Å². The van der Waals surface area contributed by atoms with Crippen molar-refractivity contribution in [2.24, 2.45) is 0 Å². The Hall–Kier alpha value is -3.52. The van der Waals surface area contributed by atoms with Crippen LogP contribution in [0.1, 0.15) is 24.5 Å². The van der Waals surface area contributed by atoms with Gasteiger partial charge >= 0.3 is 0 Å². The van der Waals surface area contributed by atoms with Crippen molar-refractivity contribution in [1.29, 1.82) is 0 Å². The first kappa shape index (κ1) is 24.1. The third kappa shape index (κ3) is 6.26. The molecule has 3 aromatic rings. The minimum absolute atomic E-state index is 0.0975. The van der Waals surface area contributed by atoms with Gasteiger partial charge in [0.1, 0.15) is 11.5 Å². The molecule has 7 nitrogen and oxygen atoms in total. The highest BCUT2D eigenvalue weighted by Crippen LogP contribution is 2.22. The summed E-state index contributed by atoms with van der Waals surface area (Å²) in [7, 11) is -2.18. The second-order valence-electron chi connectivity index (χ2n) is 7.61. The normalized spacial score (nSPS) is 12.0. The molecule has 2 N–H and O–H groups in total. The summed E-state index contributed by atoms with van der Waals surface area (Å²) >= 11 is 0. The smallest absolute Gasteiger partial charge is 0.265 e. The predicted octanol–water partition coefficient (Wildman–Crippen LogP) is 4.91. The average Bonchev–Trinajstić information content (AvgIpc) is 2.80. The number of methoxy groups -OCH3 is 1. The molecule has 0 aliphatic heterocycles. The van der Waals surface area contributed by atoms with Crippen LogP contribution < -0.4 is 19.5 Å². The van der Waals surface area contributed by atoms with E-state index in [1.165, 1.54) is 12.1 Å². The molecule has 0 aromatic heterocycles. The number of anilines is 2. The van der Waals surface area contributed by atoms with Crippen molar-refractivity contribution in [2.45, 2.75) is 38.2 Å². The Morgan fingerprint density at radius 2 is 1.48 bits per heavy atom. The molecule has 174 valence electrons. The molecule has 0 fully saturated rings. The molecule has 0 aliphatic rings. The molecule has 8 heteroatoms. The Balaban J connectivity index is 1.65. The maximum absolute atomic E-state index is 12.7.